The molecule has 2 aliphatic heterocycles. The van der Waals surface area contributed by atoms with Crippen LogP contribution in [-0.4, -0.2) is 31.3 Å². The molecule has 0 amide bonds. The van der Waals surface area contributed by atoms with E-state index in [4.69, 9.17) is 9.47 Å². The van der Waals surface area contributed by atoms with Crippen molar-refractivity contribution in [2.45, 2.75) is 12.5 Å². The van der Waals surface area contributed by atoms with Crippen molar-refractivity contribution in [3.05, 3.63) is 42.0 Å². The van der Waals surface area contributed by atoms with Crippen molar-refractivity contribution in [2.75, 3.05) is 20.4 Å². The molecule has 1 aromatic rings. The van der Waals surface area contributed by atoms with Crippen LogP contribution in [0, 0.1) is 5.92 Å². The summed E-state index contributed by atoms with van der Waals surface area (Å²) in [4.78, 5) is 2.43. The highest BCUT2D eigenvalue weighted by Crippen LogP contribution is 2.41. The van der Waals surface area contributed by atoms with Gasteiger partial charge in [-0.25, -0.2) is 0 Å². The summed E-state index contributed by atoms with van der Waals surface area (Å²) in [5.74, 6) is 2.24. The first-order valence-electron chi connectivity index (χ1n) is 6.80. The summed E-state index contributed by atoms with van der Waals surface area (Å²) in [6.45, 7) is 1.36. The molecule has 19 heavy (non-hydrogen) atoms. The van der Waals surface area contributed by atoms with Gasteiger partial charge < -0.3 is 9.47 Å². The zero-order valence-corrected chi connectivity index (χ0v) is 11.0. The van der Waals surface area contributed by atoms with E-state index in [1.807, 2.05) is 6.07 Å². The summed E-state index contributed by atoms with van der Waals surface area (Å²) in [5, 5.41) is 0. The average Bonchev–Trinajstić information content (AvgIpc) is 3.07. The maximum absolute atomic E-state index is 5.48. The topological polar surface area (TPSA) is 21.7 Å². The number of likely N-dealkylation sites (N-methyl/N-ethyl adjacent to an activating group) is 1. The SMILES string of the molecule is CN1CC=C(c2ccc3c(c2)OCO3)[C@@H]2C=CC[C@@H]21. The highest BCUT2D eigenvalue weighted by atomic mass is 16.7. The van der Waals surface area contributed by atoms with Gasteiger partial charge in [-0.3, -0.25) is 4.90 Å². The third-order valence-corrected chi connectivity index (χ3v) is 4.37. The average molecular weight is 255 g/mol. The Morgan fingerprint density at radius 2 is 2.11 bits per heavy atom. The van der Waals surface area contributed by atoms with Gasteiger partial charge in [0.2, 0.25) is 6.79 Å². The Balaban J connectivity index is 1.73. The van der Waals surface area contributed by atoms with Crippen LogP contribution in [0.3, 0.4) is 0 Å². The van der Waals surface area contributed by atoms with Gasteiger partial charge in [0.05, 0.1) is 0 Å². The molecule has 0 fully saturated rings. The lowest BCUT2D eigenvalue weighted by atomic mass is 9.85. The van der Waals surface area contributed by atoms with Crippen LogP contribution < -0.4 is 9.47 Å². The van der Waals surface area contributed by atoms with Gasteiger partial charge in [0.15, 0.2) is 11.5 Å². The van der Waals surface area contributed by atoms with Crippen molar-refractivity contribution in [3.63, 3.8) is 0 Å². The van der Waals surface area contributed by atoms with Crippen LogP contribution >= 0.6 is 0 Å². The van der Waals surface area contributed by atoms with E-state index in [1.54, 1.807) is 0 Å². The van der Waals surface area contributed by atoms with Crippen LogP contribution in [0.1, 0.15) is 12.0 Å². The van der Waals surface area contributed by atoms with Gasteiger partial charge in [0.1, 0.15) is 0 Å². The Bertz CT molecular complexity index is 576. The van der Waals surface area contributed by atoms with Crippen molar-refractivity contribution < 1.29 is 9.47 Å². The zero-order valence-electron chi connectivity index (χ0n) is 11.0. The van der Waals surface area contributed by atoms with Gasteiger partial charge in [-0.2, -0.15) is 0 Å². The predicted octanol–water partition coefficient (Wildman–Crippen LogP) is 2.69. The van der Waals surface area contributed by atoms with Crippen molar-refractivity contribution in [3.8, 4) is 11.5 Å². The summed E-state index contributed by atoms with van der Waals surface area (Å²) >= 11 is 0. The van der Waals surface area contributed by atoms with E-state index < -0.39 is 0 Å². The number of ether oxygens (including phenoxy) is 2. The quantitative estimate of drug-likeness (QED) is 0.720. The molecular formula is C16H17NO2. The van der Waals surface area contributed by atoms with Gasteiger partial charge in [-0.05, 0) is 36.7 Å². The molecule has 0 saturated carbocycles. The molecule has 3 heteroatoms. The monoisotopic (exact) mass is 255 g/mol. The van der Waals surface area contributed by atoms with Crippen LogP contribution in [0.25, 0.3) is 5.57 Å². The van der Waals surface area contributed by atoms with E-state index in [9.17, 15) is 0 Å². The normalized spacial score (nSPS) is 28.4. The second kappa shape index (κ2) is 4.14. The minimum absolute atomic E-state index is 0.340. The van der Waals surface area contributed by atoms with Crippen LogP contribution in [0.15, 0.2) is 36.4 Å². The molecular weight excluding hydrogens is 238 g/mol. The molecule has 0 saturated heterocycles. The molecule has 3 aliphatic rings. The summed E-state index contributed by atoms with van der Waals surface area (Å²) in [5.41, 5.74) is 2.69. The van der Waals surface area contributed by atoms with E-state index in [-0.39, 0.29) is 0 Å². The number of rotatable bonds is 1. The summed E-state index contributed by atoms with van der Waals surface area (Å²) in [6, 6.07) is 6.89. The fourth-order valence-corrected chi connectivity index (χ4v) is 3.30. The first-order valence-corrected chi connectivity index (χ1v) is 6.80. The molecule has 0 aromatic heterocycles. The van der Waals surface area contributed by atoms with Crippen LogP contribution in [0.2, 0.25) is 0 Å². The van der Waals surface area contributed by atoms with E-state index in [0.717, 1.165) is 24.5 Å². The molecule has 1 aromatic carbocycles. The van der Waals surface area contributed by atoms with E-state index in [0.29, 0.717) is 18.8 Å². The van der Waals surface area contributed by atoms with E-state index in [1.165, 1.54) is 11.1 Å². The Morgan fingerprint density at radius 3 is 3.05 bits per heavy atom. The molecule has 0 bridgehead atoms. The molecule has 3 nitrogen and oxygen atoms in total. The number of nitrogens with zero attached hydrogens (tertiary/aromatic N) is 1. The third kappa shape index (κ3) is 1.69. The van der Waals surface area contributed by atoms with Crippen LogP contribution in [-0.2, 0) is 0 Å². The van der Waals surface area contributed by atoms with Crippen molar-refractivity contribution in [2.24, 2.45) is 5.92 Å². The van der Waals surface area contributed by atoms with Gasteiger partial charge in [-0.1, -0.05) is 24.3 Å². The van der Waals surface area contributed by atoms with Crippen LogP contribution in [0.5, 0.6) is 11.5 Å². The van der Waals surface area contributed by atoms with Gasteiger partial charge in [0.25, 0.3) is 0 Å². The predicted molar refractivity (Wildman–Crippen MR) is 74.2 cm³/mol. The fourth-order valence-electron chi connectivity index (χ4n) is 3.30. The minimum atomic E-state index is 0.340. The lowest BCUT2D eigenvalue weighted by Gasteiger charge is -2.35. The lowest BCUT2D eigenvalue weighted by Crippen LogP contribution is -2.38. The number of hydrogen-bond acceptors (Lipinski definition) is 3. The molecule has 2 heterocycles. The highest BCUT2D eigenvalue weighted by molar-refractivity contribution is 5.73. The Labute approximate surface area is 113 Å². The Kier molecular flexibility index (Phi) is 2.42. The van der Waals surface area contributed by atoms with Gasteiger partial charge >= 0.3 is 0 Å². The van der Waals surface area contributed by atoms with E-state index >= 15 is 0 Å². The molecule has 0 radical (unpaired) electrons. The molecule has 2 atom stereocenters. The second-order valence-electron chi connectivity index (χ2n) is 5.42. The van der Waals surface area contributed by atoms with Crippen molar-refractivity contribution in [1.82, 2.24) is 4.90 Å². The van der Waals surface area contributed by atoms with Crippen LogP contribution in [0.4, 0.5) is 0 Å². The molecule has 4 rings (SSSR count). The summed E-state index contributed by atoms with van der Waals surface area (Å²) in [7, 11) is 2.21. The number of benzene rings is 1. The molecule has 0 unspecified atom stereocenters. The zero-order chi connectivity index (χ0) is 12.8. The number of hydrogen-bond donors (Lipinski definition) is 0. The summed E-state index contributed by atoms with van der Waals surface area (Å²) in [6.07, 6.45) is 8.14. The standard InChI is InChI=1S/C16H17NO2/c1-17-8-7-12(13-3-2-4-14(13)17)11-5-6-15-16(9-11)19-10-18-15/h2-3,5-7,9,13-14H,4,8,10H2,1H3/t13-,14-/m0/s1. The van der Waals surface area contributed by atoms with Crippen molar-refractivity contribution >= 4 is 5.57 Å². The largest absolute Gasteiger partial charge is 0.454 e. The van der Waals surface area contributed by atoms with E-state index in [2.05, 4.69) is 42.3 Å². The third-order valence-electron chi connectivity index (χ3n) is 4.37. The molecule has 1 aliphatic carbocycles. The van der Waals surface area contributed by atoms with Gasteiger partial charge in [-0.15, -0.1) is 0 Å². The minimum Gasteiger partial charge on any atom is -0.454 e. The summed E-state index contributed by atoms with van der Waals surface area (Å²) < 4.78 is 10.9. The molecule has 98 valence electrons. The Hall–Kier alpha value is -1.74. The Morgan fingerprint density at radius 1 is 1.21 bits per heavy atom. The lowest BCUT2D eigenvalue weighted by molar-refractivity contribution is 0.174. The first kappa shape index (κ1) is 11.1. The first-order chi connectivity index (χ1) is 9.33. The molecule has 0 spiro atoms. The maximum Gasteiger partial charge on any atom is 0.231 e. The van der Waals surface area contributed by atoms with Gasteiger partial charge in [0, 0.05) is 18.5 Å². The number of fused-ring (bicyclic) bond motifs is 2. The fraction of sp³-hybridized carbons (Fsp3) is 0.375. The molecule has 0 N–H and O–H groups in total. The smallest absolute Gasteiger partial charge is 0.231 e. The second-order valence-corrected chi connectivity index (χ2v) is 5.42. The highest BCUT2D eigenvalue weighted by Gasteiger charge is 2.32. The maximum atomic E-state index is 5.48. The van der Waals surface area contributed by atoms with Crippen molar-refractivity contribution in [1.29, 1.82) is 0 Å².